The molecule has 18 aromatic rings. The molecule has 0 fully saturated rings. The zero-order chi connectivity index (χ0) is 54.6. The first-order valence-electron chi connectivity index (χ1n) is 27.9. The summed E-state index contributed by atoms with van der Waals surface area (Å²) in [6, 6.07) is 94.0. The highest BCUT2D eigenvalue weighted by atomic mass is 32.1. The van der Waals surface area contributed by atoms with E-state index in [0.29, 0.717) is 28.3 Å². The standard InChI is InChI=1S/C76H42N6S/c1-78-70-71(79-61-33-13-6-25-49(61)50-26-7-14-34-62(50)79)60(44-77)72(80-63-35-15-8-27-51(63)52-28-9-16-36-64(52)80)75(74(70)81-65-37-17-10-29-53(65)54-30-11-18-38-66(54)81)82-67-39-20-32-56(59-43-45-21-2-3-22-46(45)47-23-4-5-24-48(47)59)69(67)58-42-41-57-55-31-12-19-40-68(55)83-76(57)73(58)82/h2-43H. The molecule has 7 heteroatoms. The van der Waals surface area contributed by atoms with Gasteiger partial charge in [0.25, 0.3) is 0 Å². The van der Waals surface area contributed by atoms with Crippen molar-refractivity contribution in [2.45, 2.75) is 0 Å². The van der Waals surface area contributed by atoms with E-state index in [1.54, 1.807) is 11.3 Å². The Morgan fingerprint density at radius 1 is 0.337 bits per heavy atom. The number of hydrogen-bond donors (Lipinski definition) is 0. The molecule has 5 heterocycles. The number of thiophene rings is 1. The molecule has 0 atom stereocenters. The van der Waals surface area contributed by atoms with Gasteiger partial charge in [0.2, 0.25) is 5.69 Å². The average Bonchev–Trinajstić information content (AvgIpc) is 3.91. The Morgan fingerprint density at radius 2 is 0.771 bits per heavy atom. The molecule has 0 bridgehead atoms. The molecule has 0 unspecified atom stereocenters. The first-order valence-corrected chi connectivity index (χ1v) is 28.8. The van der Waals surface area contributed by atoms with E-state index in [1.165, 1.54) is 20.9 Å². The maximum Gasteiger partial charge on any atom is 0.237 e. The summed E-state index contributed by atoms with van der Waals surface area (Å²) in [7, 11) is 0. The van der Waals surface area contributed by atoms with Crippen LogP contribution in [0.15, 0.2) is 255 Å². The van der Waals surface area contributed by atoms with Gasteiger partial charge in [-0.25, -0.2) is 4.85 Å². The quantitative estimate of drug-likeness (QED) is 0.125. The number of hydrogen-bond acceptors (Lipinski definition) is 2. The highest BCUT2D eigenvalue weighted by Gasteiger charge is 2.35. The van der Waals surface area contributed by atoms with Gasteiger partial charge in [-0.15, -0.1) is 11.3 Å². The zero-order valence-electron chi connectivity index (χ0n) is 44.3. The molecular formula is C76H42N6S. The molecule has 13 aromatic carbocycles. The second-order valence-electron chi connectivity index (χ2n) is 21.6. The van der Waals surface area contributed by atoms with Crippen LogP contribution in [0.4, 0.5) is 5.69 Å². The van der Waals surface area contributed by atoms with Gasteiger partial charge in [0.05, 0.1) is 83.7 Å². The smallest absolute Gasteiger partial charge is 0.237 e. The second kappa shape index (κ2) is 17.1. The first kappa shape index (κ1) is 45.6. The fourth-order valence-corrected chi connectivity index (χ4v) is 15.5. The molecule has 5 aromatic heterocycles. The fraction of sp³-hybridized carbons (Fsp3) is 0. The highest BCUT2D eigenvalue weighted by Crippen LogP contribution is 2.54. The zero-order valence-corrected chi connectivity index (χ0v) is 45.2. The molecule has 382 valence electrons. The van der Waals surface area contributed by atoms with Crippen molar-refractivity contribution >= 4 is 146 Å². The Hall–Kier alpha value is -11.2. The Kier molecular flexibility index (Phi) is 9.42. The maximum atomic E-state index is 12.8. The number of fused-ring (bicyclic) bond motifs is 19. The van der Waals surface area contributed by atoms with E-state index in [2.05, 4.69) is 279 Å². The summed E-state index contributed by atoms with van der Waals surface area (Å²) >= 11 is 1.80. The Morgan fingerprint density at radius 3 is 1.31 bits per heavy atom. The average molecular weight is 1070 g/mol. The summed E-state index contributed by atoms with van der Waals surface area (Å²) in [5, 5.41) is 28.3. The lowest BCUT2D eigenvalue weighted by Crippen LogP contribution is -2.14. The molecule has 18 rings (SSSR count). The van der Waals surface area contributed by atoms with Crippen LogP contribution >= 0.6 is 11.3 Å². The van der Waals surface area contributed by atoms with Gasteiger partial charge in [0, 0.05) is 58.6 Å². The van der Waals surface area contributed by atoms with E-state index in [1.807, 2.05) is 0 Å². The summed E-state index contributed by atoms with van der Waals surface area (Å²) < 4.78 is 11.6. The van der Waals surface area contributed by atoms with E-state index in [4.69, 9.17) is 4.85 Å². The third-order valence-electron chi connectivity index (χ3n) is 17.6. The summed E-state index contributed by atoms with van der Waals surface area (Å²) in [6.07, 6.45) is 0. The van der Waals surface area contributed by atoms with Crippen molar-refractivity contribution in [3.05, 3.63) is 272 Å². The molecular weight excluding hydrogens is 1030 g/mol. The molecule has 6 nitrogen and oxygen atoms in total. The molecule has 83 heavy (non-hydrogen) atoms. The normalized spacial score (nSPS) is 12.1. The topological polar surface area (TPSA) is 47.9 Å². The van der Waals surface area contributed by atoms with Crippen molar-refractivity contribution in [2.24, 2.45) is 0 Å². The predicted octanol–water partition coefficient (Wildman–Crippen LogP) is 20.8. The van der Waals surface area contributed by atoms with E-state index in [-0.39, 0.29) is 0 Å². The number of rotatable bonds is 5. The molecule has 0 saturated heterocycles. The summed E-state index contributed by atoms with van der Waals surface area (Å²) in [4.78, 5) is 4.86. The van der Waals surface area contributed by atoms with Gasteiger partial charge in [0.1, 0.15) is 6.07 Å². The van der Waals surface area contributed by atoms with E-state index < -0.39 is 0 Å². The summed E-state index contributed by atoms with van der Waals surface area (Å²) in [5.41, 5.74) is 13.1. The van der Waals surface area contributed by atoms with Gasteiger partial charge in [-0.05, 0) is 87.3 Å². The molecule has 0 amide bonds. The number of para-hydroxylation sites is 6. The van der Waals surface area contributed by atoms with Crippen LogP contribution in [0.25, 0.3) is 168 Å². The SMILES string of the molecule is [C-]#[N+]c1c(-n2c3ccccc3c3ccccc32)c(C#N)c(-n2c3ccccc3c3ccccc32)c(-n2c3cccc(-c4cc5ccccc5c5ccccc45)c3c3ccc4c5ccccc5sc4c32)c1-n1c2ccccc2c2ccccc21. The fourth-order valence-electron chi connectivity index (χ4n) is 14.3. The first-order chi connectivity index (χ1) is 41.2. The van der Waals surface area contributed by atoms with E-state index >= 15 is 0 Å². The van der Waals surface area contributed by atoms with E-state index in [0.717, 1.165) is 125 Å². The molecule has 0 aliphatic carbocycles. The van der Waals surface area contributed by atoms with Crippen molar-refractivity contribution in [1.82, 2.24) is 18.3 Å². The van der Waals surface area contributed by atoms with Crippen molar-refractivity contribution < 1.29 is 0 Å². The van der Waals surface area contributed by atoms with Crippen molar-refractivity contribution in [1.29, 1.82) is 5.26 Å². The molecule has 0 radical (unpaired) electrons. The van der Waals surface area contributed by atoms with Crippen LogP contribution in [-0.4, -0.2) is 18.3 Å². The third-order valence-corrected chi connectivity index (χ3v) is 18.8. The number of aromatic nitrogens is 4. The molecule has 0 N–H and O–H groups in total. The molecule has 0 spiro atoms. The molecule has 0 aliphatic heterocycles. The van der Waals surface area contributed by atoms with Crippen molar-refractivity contribution in [2.75, 3.05) is 0 Å². The monoisotopic (exact) mass is 1070 g/mol. The minimum Gasteiger partial charge on any atom is -0.318 e. The largest absolute Gasteiger partial charge is 0.318 e. The second-order valence-corrected chi connectivity index (χ2v) is 22.7. The maximum absolute atomic E-state index is 12.8. The Bertz CT molecular complexity index is 5670. The Balaban J connectivity index is 1.16. The predicted molar refractivity (Wildman–Crippen MR) is 348 cm³/mol. The van der Waals surface area contributed by atoms with Gasteiger partial charge in [-0.1, -0.05) is 200 Å². The molecule has 0 saturated carbocycles. The van der Waals surface area contributed by atoms with Crippen LogP contribution in [0.1, 0.15) is 5.56 Å². The van der Waals surface area contributed by atoms with Crippen LogP contribution in [0, 0.1) is 17.9 Å². The van der Waals surface area contributed by atoms with Gasteiger partial charge < -0.3 is 18.3 Å². The molecule has 0 aliphatic rings. The van der Waals surface area contributed by atoms with Gasteiger partial charge >= 0.3 is 0 Å². The van der Waals surface area contributed by atoms with E-state index in [9.17, 15) is 11.8 Å². The van der Waals surface area contributed by atoms with Crippen LogP contribution in [0.3, 0.4) is 0 Å². The Labute approximate surface area is 478 Å². The van der Waals surface area contributed by atoms with Gasteiger partial charge in [0.15, 0.2) is 0 Å². The van der Waals surface area contributed by atoms with Crippen LogP contribution in [-0.2, 0) is 0 Å². The lowest BCUT2D eigenvalue weighted by Gasteiger charge is -2.27. The minimum absolute atomic E-state index is 0.356. The van der Waals surface area contributed by atoms with Gasteiger partial charge in [-0.3, -0.25) is 0 Å². The minimum atomic E-state index is 0.356. The third kappa shape index (κ3) is 6.07. The van der Waals surface area contributed by atoms with Crippen LogP contribution in [0.5, 0.6) is 0 Å². The van der Waals surface area contributed by atoms with Crippen LogP contribution < -0.4 is 0 Å². The van der Waals surface area contributed by atoms with Crippen molar-refractivity contribution in [3.63, 3.8) is 0 Å². The lowest BCUT2D eigenvalue weighted by atomic mass is 9.91. The lowest BCUT2D eigenvalue weighted by molar-refractivity contribution is 1.03. The highest BCUT2D eigenvalue weighted by molar-refractivity contribution is 7.26. The number of benzene rings is 13. The number of nitriles is 1. The van der Waals surface area contributed by atoms with Crippen molar-refractivity contribution in [3.8, 4) is 39.9 Å². The summed E-state index contributed by atoms with van der Waals surface area (Å²) in [6.45, 7) is 9.96. The van der Waals surface area contributed by atoms with Gasteiger partial charge in [-0.2, -0.15) is 5.26 Å². The number of nitrogens with zero attached hydrogens (tertiary/aromatic N) is 6. The summed E-state index contributed by atoms with van der Waals surface area (Å²) in [5.74, 6) is 0. The van der Waals surface area contributed by atoms with Crippen LogP contribution in [0.2, 0.25) is 0 Å².